The molecule has 2 aromatic heterocycles. The first-order valence-corrected chi connectivity index (χ1v) is 4.45. The molecule has 5 nitrogen and oxygen atoms in total. The molecular formula is C10H10N4O. The zero-order chi connectivity index (χ0) is 10.7. The summed E-state index contributed by atoms with van der Waals surface area (Å²) < 4.78 is 0. The normalized spacial score (nSPS) is 11.0. The summed E-state index contributed by atoms with van der Waals surface area (Å²) in [6, 6.07) is 1.91. The Bertz CT molecular complexity index is 472. The van der Waals surface area contributed by atoms with Crippen LogP contribution in [-0.2, 0) is 0 Å². The third-order valence-electron chi connectivity index (χ3n) is 1.79. The number of rotatable bonds is 2. The molecule has 76 valence electrons. The highest BCUT2D eigenvalue weighted by molar-refractivity contribution is 5.64. The average molecular weight is 202 g/mol. The van der Waals surface area contributed by atoms with Gasteiger partial charge < -0.3 is 5.11 Å². The molecule has 0 aliphatic heterocycles. The van der Waals surface area contributed by atoms with E-state index in [-0.39, 0.29) is 5.75 Å². The van der Waals surface area contributed by atoms with Crippen molar-refractivity contribution in [2.45, 2.75) is 6.92 Å². The highest BCUT2D eigenvalue weighted by Crippen LogP contribution is 2.06. The molecular weight excluding hydrogens is 192 g/mol. The minimum Gasteiger partial charge on any atom is -0.505 e. The zero-order valence-electron chi connectivity index (χ0n) is 8.18. The lowest BCUT2D eigenvalue weighted by atomic mass is 10.3. The molecule has 0 radical (unpaired) electrons. The van der Waals surface area contributed by atoms with Crippen molar-refractivity contribution in [2.75, 3.05) is 0 Å². The summed E-state index contributed by atoms with van der Waals surface area (Å²) in [5.74, 6) is 0.594. The maximum Gasteiger partial charge on any atom is 0.152 e. The Morgan fingerprint density at radius 1 is 1.27 bits per heavy atom. The van der Waals surface area contributed by atoms with E-state index in [1.54, 1.807) is 12.2 Å². The number of H-pyrrole nitrogens is 1. The number of aryl methyl sites for hydroxylation is 1. The predicted molar refractivity (Wildman–Crippen MR) is 55.9 cm³/mol. The molecule has 0 amide bonds. The Balaban J connectivity index is 2.14. The monoisotopic (exact) mass is 202 g/mol. The van der Waals surface area contributed by atoms with Gasteiger partial charge in [0.15, 0.2) is 11.6 Å². The van der Waals surface area contributed by atoms with Crippen molar-refractivity contribution in [2.24, 2.45) is 0 Å². The minimum atomic E-state index is 0.0581. The van der Waals surface area contributed by atoms with Crippen LogP contribution in [0.2, 0.25) is 0 Å². The van der Waals surface area contributed by atoms with Gasteiger partial charge in [0.1, 0.15) is 0 Å². The van der Waals surface area contributed by atoms with Gasteiger partial charge in [-0.15, -0.1) is 0 Å². The summed E-state index contributed by atoms with van der Waals surface area (Å²) in [6.07, 6.45) is 6.23. The van der Waals surface area contributed by atoms with Gasteiger partial charge in [-0.1, -0.05) is 0 Å². The molecule has 0 spiro atoms. The molecule has 5 heteroatoms. The fourth-order valence-corrected chi connectivity index (χ4v) is 1.10. The number of aromatic amines is 1. The number of hydrogen-bond acceptors (Lipinski definition) is 4. The van der Waals surface area contributed by atoms with Gasteiger partial charge in [0.2, 0.25) is 0 Å². The number of nitrogens with one attached hydrogen (secondary N) is 1. The summed E-state index contributed by atoms with van der Waals surface area (Å²) in [5, 5.41) is 15.8. The van der Waals surface area contributed by atoms with Crippen molar-refractivity contribution in [1.29, 1.82) is 0 Å². The maximum absolute atomic E-state index is 8.98. The van der Waals surface area contributed by atoms with E-state index in [0.29, 0.717) is 5.82 Å². The Morgan fingerprint density at radius 3 is 2.60 bits per heavy atom. The van der Waals surface area contributed by atoms with E-state index in [0.717, 1.165) is 11.4 Å². The molecule has 2 aromatic rings. The molecule has 0 aromatic carbocycles. The van der Waals surface area contributed by atoms with Crippen LogP contribution in [0, 0.1) is 6.92 Å². The van der Waals surface area contributed by atoms with E-state index in [9.17, 15) is 0 Å². The van der Waals surface area contributed by atoms with Crippen LogP contribution < -0.4 is 0 Å². The van der Waals surface area contributed by atoms with Gasteiger partial charge in [-0.05, 0) is 25.1 Å². The molecule has 0 aliphatic rings. The second kappa shape index (κ2) is 3.91. The lowest BCUT2D eigenvalue weighted by Crippen LogP contribution is -1.84. The molecule has 0 saturated heterocycles. The van der Waals surface area contributed by atoms with Crippen LogP contribution in [0.5, 0.6) is 5.75 Å². The molecule has 0 fully saturated rings. The van der Waals surface area contributed by atoms with E-state index in [1.807, 2.05) is 13.0 Å². The Labute approximate surface area is 86.5 Å². The molecule has 0 saturated carbocycles. The number of nitrogens with zero attached hydrogens (tertiary/aromatic N) is 3. The van der Waals surface area contributed by atoms with Gasteiger partial charge >= 0.3 is 0 Å². The first-order valence-electron chi connectivity index (χ1n) is 4.45. The Kier molecular flexibility index (Phi) is 2.45. The molecule has 0 unspecified atom stereocenters. The summed E-state index contributed by atoms with van der Waals surface area (Å²) in [6.45, 7) is 1.93. The number of hydrogen-bond donors (Lipinski definition) is 2. The summed E-state index contributed by atoms with van der Waals surface area (Å²) in [5.41, 5.74) is 1.82. The van der Waals surface area contributed by atoms with Crippen LogP contribution in [0.4, 0.5) is 0 Å². The van der Waals surface area contributed by atoms with Crippen LogP contribution in [0.3, 0.4) is 0 Å². The first kappa shape index (κ1) is 9.39. The van der Waals surface area contributed by atoms with Gasteiger partial charge in [0, 0.05) is 5.69 Å². The third kappa shape index (κ3) is 2.40. The quantitative estimate of drug-likeness (QED) is 0.771. The van der Waals surface area contributed by atoms with Crippen molar-refractivity contribution >= 4 is 12.2 Å². The highest BCUT2D eigenvalue weighted by Gasteiger charge is 1.94. The van der Waals surface area contributed by atoms with Crippen molar-refractivity contribution in [1.82, 2.24) is 20.2 Å². The minimum absolute atomic E-state index is 0.0581. The second-order valence-corrected chi connectivity index (χ2v) is 3.11. The lowest BCUT2D eigenvalue weighted by Gasteiger charge is -1.91. The van der Waals surface area contributed by atoms with Gasteiger partial charge in [0.05, 0.1) is 18.1 Å². The van der Waals surface area contributed by atoms with Crippen LogP contribution >= 0.6 is 0 Å². The van der Waals surface area contributed by atoms with Crippen molar-refractivity contribution in [3.05, 3.63) is 35.7 Å². The smallest absolute Gasteiger partial charge is 0.152 e. The van der Waals surface area contributed by atoms with Crippen LogP contribution in [0.15, 0.2) is 18.5 Å². The van der Waals surface area contributed by atoms with Crippen LogP contribution in [0.1, 0.15) is 17.2 Å². The van der Waals surface area contributed by atoms with Gasteiger partial charge in [-0.3, -0.25) is 5.10 Å². The fourth-order valence-electron chi connectivity index (χ4n) is 1.10. The SMILES string of the molecule is Cc1cc(C=Cc2ncc(O)cn2)n[nH]1. The van der Waals surface area contributed by atoms with E-state index in [2.05, 4.69) is 20.2 Å². The topological polar surface area (TPSA) is 74.7 Å². The second-order valence-electron chi connectivity index (χ2n) is 3.11. The van der Waals surface area contributed by atoms with E-state index >= 15 is 0 Å². The standard InChI is InChI=1S/C10H10N4O/c1-7-4-8(14-13-7)2-3-10-11-5-9(15)6-12-10/h2-6,15H,1H3,(H,13,14). The maximum atomic E-state index is 8.98. The van der Waals surface area contributed by atoms with Crippen molar-refractivity contribution in [3.63, 3.8) is 0 Å². The molecule has 2 heterocycles. The molecule has 2 rings (SSSR count). The van der Waals surface area contributed by atoms with E-state index in [4.69, 9.17) is 5.11 Å². The average Bonchev–Trinajstić information content (AvgIpc) is 2.64. The number of aromatic nitrogens is 4. The fraction of sp³-hybridized carbons (Fsp3) is 0.100. The summed E-state index contributed by atoms with van der Waals surface area (Å²) in [7, 11) is 0. The molecule has 2 N–H and O–H groups in total. The zero-order valence-corrected chi connectivity index (χ0v) is 8.18. The van der Waals surface area contributed by atoms with Crippen LogP contribution in [-0.4, -0.2) is 25.3 Å². The van der Waals surface area contributed by atoms with Crippen LogP contribution in [0.25, 0.3) is 12.2 Å². The third-order valence-corrected chi connectivity index (χ3v) is 1.79. The summed E-state index contributed by atoms with van der Waals surface area (Å²) >= 11 is 0. The first-order chi connectivity index (χ1) is 7.24. The Morgan fingerprint density at radius 2 is 2.00 bits per heavy atom. The van der Waals surface area contributed by atoms with E-state index < -0.39 is 0 Å². The molecule has 0 bridgehead atoms. The number of aromatic hydroxyl groups is 1. The molecule has 15 heavy (non-hydrogen) atoms. The highest BCUT2D eigenvalue weighted by atomic mass is 16.3. The van der Waals surface area contributed by atoms with Gasteiger partial charge in [0.25, 0.3) is 0 Å². The molecule has 0 atom stereocenters. The van der Waals surface area contributed by atoms with Crippen molar-refractivity contribution < 1.29 is 5.11 Å². The summed E-state index contributed by atoms with van der Waals surface area (Å²) in [4.78, 5) is 7.83. The van der Waals surface area contributed by atoms with Gasteiger partial charge in [-0.2, -0.15) is 5.10 Å². The lowest BCUT2D eigenvalue weighted by molar-refractivity contribution is 0.469. The van der Waals surface area contributed by atoms with Gasteiger partial charge in [-0.25, -0.2) is 9.97 Å². The van der Waals surface area contributed by atoms with E-state index in [1.165, 1.54) is 12.4 Å². The predicted octanol–water partition coefficient (Wildman–Crippen LogP) is 1.38. The molecule has 0 aliphatic carbocycles. The Hall–Kier alpha value is -2.17. The van der Waals surface area contributed by atoms with Crippen molar-refractivity contribution in [3.8, 4) is 5.75 Å². The largest absolute Gasteiger partial charge is 0.505 e.